The maximum Gasteiger partial charge on any atom is 0.356 e. The Morgan fingerprint density at radius 3 is 2.76 bits per heavy atom. The molecule has 0 spiro atoms. The van der Waals surface area contributed by atoms with E-state index in [1.165, 1.54) is 18.7 Å². The van der Waals surface area contributed by atoms with Crippen molar-refractivity contribution >= 4 is 29.6 Å². The molecule has 3 N–H and O–H groups in total. The van der Waals surface area contributed by atoms with Crippen LogP contribution in [-0.2, 0) is 19.1 Å². The zero-order chi connectivity index (χ0) is 12.7. The number of hydrogen-bond donors (Lipinski definition) is 2. The Hall–Kier alpha value is -1.54. The lowest BCUT2D eigenvalue weighted by atomic mass is 10.1. The summed E-state index contributed by atoms with van der Waals surface area (Å²) in [6.45, 7) is 1.17. The molecule has 2 heterocycles. The monoisotopic (exact) mass is 258 g/mol. The summed E-state index contributed by atoms with van der Waals surface area (Å²) in [5.41, 5.74) is 5.27. The van der Waals surface area contributed by atoms with Crippen LogP contribution >= 0.6 is 11.8 Å². The quantitative estimate of drug-likeness (QED) is 0.487. The summed E-state index contributed by atoms with van der Waals surface area (Å²) in [7, 11) is 0. The molecule has 0 bridgehead atoms. The Kier molecular flexibility index (Phi) is 2.84. The SMILES string of the molecule is CC(=O)OC1=C(C(=O)O)N2C(=O)C(N)[C@@H]2SC1. The average Bonchev–Trinajstić information content (AvgIpc) is 2.26. The molecule has 0 aromatic rings. The summed E-state index contributed by atoms with van der Waals surface area (Å²) in [6.07, 6.45) is 0. The molecule has 7 nitrogen and oxygen atoms in total. The van der Waals surface area contributed by atoms with Gasteiger partial charge >= 0.3 is 11.9 Å². The second-order valence-electron chi connectivity index (χ2n) is 3.61. The average molecular weight is 258 g/mol. The highest BCUT2D eigenvalue weighted by Crippen LogP contribution is 2.39. The van der Waals surface area contributed by atoms with Crippen molar-refractivity contribution in [3.63, 3.8) is 0 Å². The minimum absolute atomic E-state index is 0.00787. The third-order valence-corrected chi connectivity index (χ3v) is 3.72. The van der Waals surface area contributed by atoms with E-state index in [1.807, 2.05) is 0 Å². The molecule has 0 aromatic carbocycles. The van der Waals surface area contributed by atoms with E-state index in [-0.39, 0.29) is 22.6 Å². The number of hydrogen-bond acceptors (Lipinski definition) is 6. The smallest absolute Gasteiger partial charge is 0.356 e. The number of carbonyl (C=O) groups excluding carboxylic acids is 2. The van der Waals surface area contributed by atoms with Crippen LogP contribution < -0.4 is 5.73 Å². The fraction of sp³-hybridized carbons (Fsp3) is 0.444. The van der Waals surface area contributed by atoms with Crippen molar-refractivity contribution in [3.05, 3.63) is 11.5 Å². The standard InChI is InChI=1S/C9H10N2O5S/c1-3(12)16-4-2-17-8-5(10)7(13)11(8)6(4)9(14)15/h5,8H,2,10H2,1H3,(H,14,15)/t5?,8-/m0/s1. The highest BCUT2D eigenvalue weighted by atomic mass is 32.2. The zero-order valence-corrected chi connectivity index (χ0v) is 9.69. The van der Waals surface area contributed by atoms with E-state index in [0.717, 1.165) is 4.90 Å². The number of carboxylic acids is 1. The van der Waals surface area contributed by atoms with Crippen LogP contribution in [0.5, 0.6) is 0 Å². The van der Waals surface area contributed by atoms with Gasteiger partial charge in [-0.3, -0.25) is 14.5 Å². The third-order valence-electron chi connectivity index (χ3n) is 2.44. The maximum atomic E-state index is 11.5. The topological polar surface area (TPSA) is 110 Å². The maximum absolute atomic E-state index is 11.5. The summed E-state index contributed by atoms with van der Waals surface area (Å²) < 4.78 is 4.81. The van der Waals surface area contributed by atoms with Gasteiger partial charge in [0.2, 0.25) is 5.91 Å². The number of nitrogens with zero attached hydrogens (tertiary/aromatic N) is 1. The number of fused-ring (bicyclic) bond motifs is 1. The number of amides is 1. The lowest BCUT2D eigenvalue weighted by Gasteiger charge is -2.47. The number of aliphatic carboxylic acids is 1. The second kappa shape index (κ2) is 4.04. The van der Waals surface area contributed by atoms with Crippen LogP contribution in [-0.4, -0.2) is 45.0 Å². The third kappa shape index (κ3) is 1.79. The van der Waals surface area contributed by atoms with Crippen molar-refractivity contribution in [3.8, 4) is 0 Å². The van der Waals surface area contributed by atoms with E-state index in [4.69, 9.17) is 15.6 Å². The molecule has 8 heteroatoms. The van der Waals surface area contributed by atoms with Crippen molar-refractivity contribution in [2.24, 2.45) is 5.73 Å². The molecular weight excluding hydrogens is 248 g/mol. The van der Waals surface area contributed by atoms with E-state index >= 15 is 0 Å². The minimum Gasteiger partial charge on any atom is -0.476 e. The van der Waals surface area contributed by atoms with Crippen LogP contribution in [0.3, 0.4) is 0 Å². The highest BCUT2D eigenvalue weighted by Gasteiger charge is 2.52. The normalized spacial score (nSPS) is 27.4. The van der Waals surface area contributed by atoms with Crippen LogP contribution in [0.2, 0.25) is 0 Å². The summed E-state index contributed by atoms with van der Waals surface area (Å²) in [6, 6.07) is -0.687. The van der Waals surface area contributed by atoms with E-state index in [2.05, 4.69) is 0 Å². The molecule has 92 valence electrons. The molecule has 1 saturated heterocycles. The van der Waals surface area contributed by atoms with Crippen molar-refractivity contribution in [2.45, 2.75) is 18.3 Å². The summed E-state index contributed by atoms with van der Waals surface area (Å²) in [4.78, 5) is 34.5. The van der Waals surface area contributed by atoms with Gasteiger partial charge in [-0.05, 0) is 0 Å². The molecule has 0 saturated carbocycles. The van der Waals surface area contributed by atoms with Gasteiger partial charge in [-0.2, -0.15) is 0 Å². The van der Waals surface area contributed by atoms with E-state index < -0.39 is 23.9 Å². The highest BCUT2D eigenvalue weighted by molar-refractivity contribution is 8.00. The van der Waals surface area contributed by atoms with Gasteiger partial charge in [0.15, 0.2) is 5.70 Å². The fourth-order valence-corrected chi connectivity index (χ4v) is 2.94. The molecule has 0 radical (unpaired) electrons. The number of ether oxygens (including phenoxy) is 1. The Balaban J connectivity index is 2.36. The van der Waals surface area contributed by atoms with Crippen LogP contribution in [0.25, 0.3) is 0 Å². The molecule has 2 rings (SSSR count). The molecule has 2 aliphatic heterocycles. The van der Waals surface area contributed by atoms with Gasteiger partial charge < -0.3 is 15.6 Å². The predicted molar refractivity (Wildman–Crippen MR) is 57.5 cm³/mol. The van der Waals surface area contributed by atoms with Crippen LogP contribution in [0, 0.1) is 0 Å². The van der Waals surface area contributed by atoms with Gasteiger partial charge in [0.1, 0.15) is 17.2 Å². The molecular formula is C9H10N2O5S. The summed E-state index contributed by atoms with van der Waals surface area (Å²) in [5, 5.41) is 8.67. The first-order valence-corrected chi connectivity index (χ1v) is 5.83. The van der Waals surface area contributed by atoms with Gasteiger partial charge in [0.05, 0.1) is 5.75 Å². The van der Waals surface area contributed by atoms with Gasteiger partial charge in [-0.25, -0.2) is 4.79 Å². The molecule has 1 fully saturated rings. The van der Waals surface area contributed by atoms with Crippen LogP contribution in [0.15, 0.2) is 11.5 Å². The molecule has 0 aliphatic carbocycles. The van der Waals surface area contributed by atoms with Gasteiger partial charge in [-0.15, -0.1) is 11.8 Å². The number of thioether (sulfide) groups is 1. The summed E-state index contributed by atoms with van der Waals surface area (Å²) >= 11 is 1.28. The number of carboxylic acid groups (broad SMARTS) is 1. The lowest BCUT2D eigenvalue weighted by molar-refractivity contribution is -0.149. The summed E-state index contributed by atoms with van der Waals surface area (Å²) in [5.74, 6) is -2.18. The number of nitrogens with two attached hydrogens (primary N) is 1. The molecule has 17 heavy (non-hydrogen) atoms. The molecule has 1 amide bonds. The molecule has 0 aromatic heterocycles. The minimum atomic E-state index is -1.30. The Morgan fingerprint density at radius 2 is 2.24 bits per heavy atom. The van der Waals surface area contributed by atoms with E-state index in [0.29, 0.717) is 0 Å². The van der Waals surface area contributed by atoms with Crippen molar-refractivity contribution in [1.82, 2.24) is 4.90 Å². The molecule has 2 atom stereocenters. The Morgan fingerprint density at radius 1 is 1.59 bits per heavy atom. The second-order valence-corrected chi connectivity index (χ2v) is 4.71. The van der Waals surface area contributed by atoms with Gasteiger partial charge in [-0.1, -0.05) is 0 Å². The van der Waals surface area contributed by atoms with Crippen molar-refractivity contribution in [2.75, 3.05) is 5.75 Å². The largest absolute Gasteiger partial charge is 0.476 e. The van der Waals surface area contributed by atoms with Crippen molar-refractivity contribution < 1.29 is 24.2 Å². The zero-order valence-electron chi connectivity index (χ0n) is 8.87. The van der Waals surface area contributed by atoms with Crippen LogP contribution in [0.1, 0.15) is 6.92 Å². The Bertz CT molecular complexity index is 447. The molecule has 1 unspecified atom stereocenters. The Labute approximate surface area is 101 Å². The van der Waals surface area contributed by atoms with Gasteiger partial charge in [0, 0.05) is 6.92 Å². The van der Waals surface area contributed by atoms with E-state index in [9.17, 15) is 14.4 Å². The number of β-lactam (4-membered cyclic amide) rings is 1. The number of carbonyl (C=O) groups is 3. The van der Waals surface area contributed by atoms with Gasteiger partial charge in [0.25, 0.3) is 0 Å². The lowest BCUT2D eigenvalue weighted by Crippen LogP contribution is -2.68. The fourth-order valence-electron chi connectivity index (χ4n) is 1.74. The number of esters is 1. The van der Waals surface area contributed by atoms with E-state index in [1.54, 1.807) is 0 Å². The first-order chi connectivity index (χ1) is 7.93. The molecule has 2 aliphatic rings. The van der Waals surface area contributed by atoms with Crippen LogP contribution in [0.4, 0.5) is 0 Å². The number of rotatable bonds is 2. The predicted octanol–water partition coefficient (Wildman–Crippen LogP) is -0.912. The first-order valence-electron chi connectivity index (χ1n) is 4.78. The van der Waals surface area contributed by atoms with Crippen molar-refractivity contribution in [1.29, 1.82) is 0 Å². The first kappa shape index (κ1) is 11.9.